The average Bonchev–Trinajstić information content (AvgIpc) is 3.03. The Morgan fingerprint density at radius 1 is 1.13 bits per heavy atom. The molecule has 0 spiro atoms. The lowest BCUT2D eigenvalue weighted by Gasteiger charge is -2.34. The molecule has 0 atom stereocenters. The molecule has 2 aliphatic heterocycles. The largest absolute Gasteiger partial charge is 0.478 e. The molecule has 23 heavy (non-hydrogen) atoms. The van der Waals surface area contributed by atoms with Crippen LogP contribution in [0.2, 0.25) is 0 Å². The van der Waals surface area contributed by atoms with Gasteiger partial charge in [-0.1, -0.05) is 12.1 Å². The fourth-order valence-electron chi connectivity index (χ4n) is 2.73. The highest BCUT2D eigenvalue weighted by atomic mass is 16.7. The molecule has 0 radical (unpaired) electrons. The van der Waals surface area contributed by atoms with Crippen molar-refractivity contribution in [2.24, 2.45) is 0 Å². The van der Waals surface area contributed by atoms with Gasteiger partial charge in [0, 0.05) is 50.4 Å². The monoisotopic (exact) mass is 318 g/mol. The Kier molecular flexibility index (Phi) is 4.47. The van der Waals surface area contributed by atoms with Crippen LogP contribution in [-0.2, 0) is 16.1 Å². The first kappa shape index (κ1) is 15.4. The summed E-state index contributed by atoms with van der Waals surface area (Å²) in [5.74, 6) is 0.201. The van der Waals surface area contributed by atoms with E-state index in [1.807, 2.05) is 18.2 Å². The van der Waals surface area contributed by atoms with E-state index in [2.05, 4.69) is 4.90 Å². The molecule has 0 saturated carbocycles. The van der Waals surface area contributed by atoms with Crippen molar-refractivity contribution in [2.75, 3.05) is 33.0 Å². The second-order valence-corrected chi connectivity index (χ2v) is 5.42. The van der Waals surface area contributed by atoms with E-state index in [1.54, 1.807) is 4.90 Å². The minimum Gasteiger partial charge on any atom is -0.478 e. The molecule has 2 aliphatic rings. The molecule has 7 heteroatoms. The number of carbonyl (C=O) groups excluding carboxylic acids is 1. The summed E-state index contributed by atoms with van der Waals surface area (Å²) in [6.45, 7) is 3.61. The predicted molar refractivity (Wildman–Crippen MR) is 81.2 cm³/mol. The Hall–Kier alpha value is -2.54. The quantitative estimate of drug-likeness (QED) is 0.823. The van der Waals surface area contributed by atoms with Gasteiger partial charge in [0.25, 0.3) is 0 Å². The lowest BCUT2D eigenvalue weighted by Crippen LogP contribution is -2.47. The highest BCUT2D eigenvalue weighted by Crippen LogP contribution is 2.35. The highest BCUT2D eigenvalue weighted by molar-refractivity contribution is 5.93. The molecule has 1 fully saturated rings. The van der Waals surface area contributed by atoms with Crippen LogP contribution in [0.4, 0.5) is 0 Å². The van der Waals surface area contributed by atoms with Crippen LogP contribution in [0.1, 0.15) is 5.56 Å². The fourth-order valence-corrected chi connectivity index (χ4v) is 2.73. The van der Waals surface area contributed by atoms with Gasteiger partial charge in [0.05, 0.1) is 0 Å². The van der Waals surface area contributed by atoms with Gasteiger partial charge in [-0.2, -0.15) is 0 Å². The molecule has 122 valence electrons. The van der Waals surface area contributed by atoms with Crippen LogP contribution in [0.25, 0.3) is 0 Å². The van der Waals surface area contributed by atoms with Crippen molar-refractivity contribution in [1.29, 1.82) is 0 Å². The number of hydrogen-bond donors (Lipinski definition) is 1. The van der Waals surface area contributed by atoms with Crippen LogP contribution in [0.3, 0.4) is 0 Å². The molecule has 3 rings (SSSR count). The Morgan fingerprint density at radius 3 is 2.65 bits per heavy atom. The van der Waals surface area contributed by atoms with Crippen molar-refractivity contribution in [1.82, 2.24) is 9.80 Å². The van der Waals surface area contributed by atoms with Crippen molar-refractivity contribution >= 4 is 11.9 Å². The van der Waals surface area contributed by atoms with Crippen molar-refractivity contribution in [3.05, 3.63) is 35.9 Å². The van der Waals surface area contributed by atoms with Gasteiger partial charge < -0.3 is 19.5 Å². The van der Waals surface area contributed by atoms with Crippen molar-refractivity contribution < 1.29 is 24.2 Å². The molecule has 1 saturated heterocycles. The molecule has 1 N–H and O–H groups in total. The summed E-state index contributed by atoms with van der Waals surface area (Å²) < 4.78 is 10.9. The van der Waals surface area contributed by atoms with Crippen LogP contribution in [0.15, 0.2) is 30.4 Å². The molecule has 0 aliphatic carbocycles. The van der Waals surface area contributed by atoms with Crippen LogP contribution in [-0.4, -0.2) is 59.8 Å². The number of fused-ring (bicyclic) bond motifs is 1. The number of rotatable bonds is 4. The summed E-state index contributed by atoms with van der Waals surface area (Å²) in [6, 6.07) is 5.84. The first-order chi connectivity index (χ1) is 11.1. The Labute approximate surface area is 133 Å². The zero-order chi connectivity index (χ0) is 16.2. The molecule has 0 bridgehead atoms. The summed E-state index contributed by atoms with van der Waals surface area (Å²) in [4.78, 5) is 26.2. The maximum atomic E-state index is 11.8. The summed E-state index contributed by atoms with van der Waals surface area (Å²) in [7, 11) is 0. The van der Waals surface area contributed by atoms with Crippen molar-refractivity contribution in [3.8, 4) is 11.5 Å². The van der Waals surface area contributed by atoms with E-state index in [1.165, 1.54) is 0 Å². The first-order valence-corrected chi connectivity index (χ1v) is 7.43. The Morgan fingerprint density at radius 2 is 1.91 bits per heavy atom. The molecule has 1 amide bonds. The zero-order valence-electron chi connectivity index (χ0n) is 12.6. The maximum Gasteiger partial charge on any atom is 0.328 e. The lowest BCUT2D eigenvalue weighted by atomic mass is 10.1. The molecule has 0 aromatic heterocycles. The van der Waals surface area contributed by atoms with Crippen molar-refractivity contribution in [3.63, 3.8) is 0 Å². The van der Waals surface area contributed by atoms with Gasteiger partial charge in [-0.3, -0.25) is 9.69 Å². The normalized spacial score (nSPS) is 17.7. The van der Waals surface area contributed by atoms with Crippen molar-refractivity contribution in [2.45, 2.75) is 6.54 Å². The van der Waals surface area contributed by atoms with E-state index in [9.17, 15) is 9.59 Å². The van der Waals surface area contributed by atoms with Crippen LogP contribution in [0.5, 0.6) is 11.5 Å². The molecule has 2 heterocycles. The average molecular weight is 318 g/mol. The van der Waals surface area contributed by atoms with Gasteiger partial charge in [0.15, 0.2) is 11.5 Å². The Bertz CT molecular complexity index is 635. The third-order valence-corrected chi connectivity index (χ3v) is 3.92. The number of piperazine rings is 1. The van der Waals surface area contributed by atoms with E-state index in [4.69, 9.17) is 14.6 Å². The van der Waals surface area contributed by atoms with E-state index in [-0.39, 0.29) is 12.7 Å². The SMILES string of the molecule is O=C(O)/C=C/C(=O)N1CCN(Cc2cccc3c2OCO3)CC1. The number of hydrogen-bond acceptors (Lipinski definition) is 5. The number of carbonyl (C=O) groups is 2. The van der Waals surface area contributed by atoms with Gasteiger partial charge in [-0.25, -0.2) is 4.79 Å². The summed E-state index contributed by atoms with van der Waals surface area (Å²) in [5, 5.41) is 8.56. The molecule has 7 nitrogen and oxygen atoms in total. The Balaban J connectivity index is 1.55. The predicted octanol–water partition coefficient (Wildman–Crippen LogP) is 0.700. The second-order valence-electron chi connectivity index (χ2n) is 5.42. The second kappa shape index (κ2) is 6.70. The standard InChI is InChI=1S/C16H18N2O5/c19-14(4-5-15(20)21)18-8-6-17(7-9-18)10-12-2-1-3-13-16(12)23-11-22-13/h1-5H,6-11H2,(H,20,21)/b5-4+. The van der Waals surface area contributed by atoms with E-state index < -0.39 is 5.97 Å². The summed E-state index contributed by atoms with van der Waals surface area (Å²) in [5.41, 5.74) is 1.07. The zero-order valence-corrected chi connectivity index (χ0v) is 12.6. The van der Waals surface area contributed by atoms with Gasteiger partial charge in [0.1, 0.15) is 0 Å². The van der Waals surface area contributed by atoms with Gasteiger partial charge >= 0.3 is 5.97 Å². The van der Waals surface area contributed by atoms with Gasteiger partial charge in [0.2, 0.25) is 12.7 Å². The minimum atomic E-state index is -1.11. The number of benzene rings is 1. The number of carboxylic acids is 1. The summed E-state index contributed by atoms with van der Waals surface area (Å²) in [6.07, 6.45) is 1.98. The molecule has 1 aromatic carbocycles. The molecule has 1 aromatic rings. The smallest absolute Gasteiger partial charge is 0.328 e. The van der Waals surface area contributed by atoms with E-state index >= 15 is 0 Å². The molecule has 0 unspecified atom stereocenters. The maximum absolute atomic E-state index is 11.8. The highest BCUT2D eigenvalue weighted by Gasteiger charge is 2.23. The van der Waals surface area contributed by atoms with E-state index in [0.29, 0.717) is 13.1 Å². The number of nitrogens with zero attached hydrogens (tertiary/aromatic N) is 2. The van der Waals surface area contributed by atoms with E-state index in [0.717, 1.165) is 48.8 Å². The topological polar surface area (TPSA) is 79.3 Å². The number of aliphatic carboxylic acids is 1. The van der Waals surface area contributed by atoms with Gasteiger partial charge in [-0.15, -0.1) is 0 Å². The minimum absolute atomic E-state index is 0.255. The number of amides is 1. The number of para-hydroxylation sites is 1. The first-order valence-electron chi connectivity index (χ1n) is 7.43. The van der Waals surface area contributed by atoms with Crippen LogP contribution >= 0.6 is 0 Å². The number of carboxylic acid groups (broad SMARTS) is 1. The number of ether oxygens (including phenoxy) is 2. The fraction of sp³-hybridized carbons (Fsp3) is 0.375. The lowest BCUT2D eigenvalue weighted by molar-refractivity contribution is -0.132. The summed E-state index contributed by atoms with van der Waals surface area (Å²) >= 11 is 0. The molecular formula is C16H18N2O5. The molecular weight excluding hydrogens is 300 g/mol. The third-order valence-electron chi connectivity index (χ3n) is 3.92. The van der Waals surface area contributed by atoms with Crippen LogP contribution in [0, 0.1) is 0 Å². The van der Waals surface area contributed by atoms with Gasteiger partial charge in [-0.05, 0) is 6.07 Å². The third kappa shape index (κ3) is 3.62. The van der Waals surface area contributed by atoms with Crippen LogP contribution < -0.4 is 9.47 Å².